The van der Waals surface area contributed by atoms with Crippen LogP contribution >= 0.6 is 11.3 Å². The van der Waals surface area contributed by atoms with Crippen molar-refractivity contribution in [2.45, 2.75) is 13.5 Å². The van der Waals surface area contributed by atoms with Crippen LogP contribution in [0.5, 0.6) is 0 Å². The molecule has 0 spiro atoms. The fourth-order valence-corrected chi connectivity index (χ4v) is 3.83. The van der Waals surface area contributed by atoms with Gasteiger partial charge in [-0.25, -0.2) is 9.78 Å². The maximum Gasteiger partial charge on any atom is 0.348 e. The number of aromatic nitrogens is 2. The lowest BCUT2D eigenvalue weighted by Gasteiger charge is -2.07. The van der Waals surface area contributed by atoms with Crippen molar-refractivity contribution in [1.82, 2.24) is 9.38 Å². The van der Waals surface area contributed by atoms with E-state index in [1.54, 1.807) is 24.3 Å². The Bertz CT molecular complexity index is 1310. The third-order valence-electron chi connectivity index (χ3n) is 4.20. The largest absolute Gasteiger partial charge is 0.455 e. The molecule has 0 amide bonds. The second-order valence-electron chi connectivity index (χ2n) is 6.11. The standard InChI is InChI=1S/C19H13N3O5S/c1-11-3-2-4-17-20-13(9-18(23)21(11)17)10-27-19(24)16-8-12-7-14(22(25)26)5-6-15(12)28-16/h2-9H,10H2,1H3. The number of benzene rings is 1. The Morgan fingerprint density at radius 2 is 2.07 bits per heavy atom. The number of nitrogens with zero attached hydrogens (tertiary/aromatic N) is 3. The summed E-state index contributed by atoms with van der Waals surface area (Å²) in [6.45, 7) is 1.66. The van der Waals surface area contributed by atoms with Gasteiger partial charge in [0.15, 0.2) is 0 Å². The number of rotatable bonds is 4. The zero-order valence-corrected chi connectivity index (χ0v) is 15.4. The average Bonchev–Trinajstić information content (AvgIpc) is 3.09. The topological polar surface area (TPSA) is 104 Å². The number of esters is 1. The molecule has 3 aromatic heterocycles. The number of nitro groups is 1. The molecule has 0 fully saturated rings. The molecule has 4 rings (SSSR count). The number of aryl methyl sites for hydroxylation is 1. The van der Waals surface area contributed by atoms with E-state index in [-0.39, 0.29) is 17.9 Å². The summed E-state index contributed by atoms with van der Waals surface area (Å²) in [5.74, 6) is -0.574. The van der Waals surface area contributed by atoms with Crippen LogP contribution in [0.2, 0.25) is 0 Å². The van der Waals surface area contributed by atoms with Crippen LogP contribution in [0.1, 0.15) is 21.1 Å². The minimum absolute atomic E-state index is 0.0404. The van der Waals surface area contributed by atoms with Gasteiger partial charge in [-0.2, -0.15) is 0 Å². The SMILES string of the molecule is Cc1cccc2nc(COC(=O)c3cc4cc([N+](=O)[O-])ccc4s3)cc(=O)n12. The van der Waals surface area contributed by atoms with Crippen molar-refractivity contribution in [1.29, 1.82) is 0 Å². The van der Waals surface area contributed by atoms with Gasteiger partial charge in [-0.1, -0.05) is 6.07 Å². The van der Waals surface area contributed by atoms with Gasteiger partial charge in [0.05, 0.1) is 10.6 Å². The monoisotopic (exact) mass is 395 g/mol. The van der Waals surface area contributed by atoms with Gasteiger partial charge in [0.2, 0.25) is 0 Å². The maximum atomic E-state index is 12.4. The first-order valence-corrected chi connectivity index (χ1v) is 9.07. The molecule has 0 aliphatic carbocycles. The first-order chi connectivity index (χ1) is 13.4. The highest BCUT2D eigenvalue weighted by atomic mass is 32.1. The lowest BCUT2D eigenvalue weighted by molar-refractivity contribution is -0.384. The molecule has 0 atom stereocenters. The second-order valence-corrected chi connectivity index (χ2v) is 7.20. The fourth-order valence-electron chi connectivity index (χ4n) is 2.89. The number of non-ortho nitro benzene ring substituents is 1. The Balaban J connectivity index is 1.56. The van der Waals surface area contributed by atoms with Crippen molar-refractivity contribution in [3.05, 3.63) is 85.3 Å². The van der Waals surface area contributed by atoms with E-state index >= 15 is 0 Å². The van der Waals surface area contributed by atoms with Crippen molar-refractivity contribution < 1.29 is 14.5 Å². The number of hydrogen-bond acceptors (Lipinski definition) is 7. The summed E-state index contributed by atoms with van der Waals surface area (Å²) >= 11 is 1.19. The quantitative estimate of drug-likeness (QED) is 0.298. The molecule has 0 aliphatic heterocycles. The summed E-state index contributed by atoms with van der Waals surface area (Å²) in [4.78, 5) is 39.7. The van der Waals surface area contributed by atoms with Crippen LogP contribution in [-0.2, 0) is 11.3 Å². The van der Waals surface area contributed by atoms with Crippen LogP contribution in [0, 0.1) is 17.0 Å². The molecular weight excluding hydrogens is 382 g/mol. The predicted octanol–water partition coefficient (Wildman–Crippen LogP) is 3.48. The Morgan fingerprint density at radius 3 is 2.86 bits per heavy atom. The molecule has 0 saturated heterocycles. The highest BCUT2D eigenvalue weighted by molar-refractivity contribution is 7.20. The first kappa shape index (κ1) is 17.8. The zero-order valence-electron chi connectivity index (χ0n) is 14.6. The third-order valence-corrected chi connectivity index (χ3v) is 5.29. The second kappa shape index (κ2) is 6.86. The van der Waals surface area contributed by atoms with Crippen LogP contribution in [0.15, 0.2) is 53.3 Å². The number of fused-ring (bicyclic) bond motifs is 2. The molecule has 9 heteroatoms. The van der Waals surface area contributed by atoms with Gasteiger partial charge in [0.1, 0.15) is 17.1 Å². The summed E-state index contributed by atoms with van der Waals surface area (Å²) in [5.41, 5.74) is 1.30. The third kappa shape index (κ3) is 3.23. The molecule has 28 heavy (non-hydrogen) atoms. The molecule has 0 aliphatic rings. The molecule has 1 aromatic carbocycles. The van der Waals surface area contributed by atoms with Gasteiger partial charge in [0, 0.05) is 34.0 Å². The summed E-state index contributed by atoms with van der Waals surface area (Å²) in [6, 6.07) is 12.6. The van der Waals surface area contributed by atoms with E-state index in [2.05, 4.69) is 4.98 Å². The lowest BCUT2D eigenvalue weighted by Crippen LogP contribution is -2.18. The Morgan fingerprint density at radius 1 is 1.25 bits per heavy atom. The minimum Gasteiger partial charge on any atom is -0.455 e. The normalized spacial score (nSPS) is 11.0. The van der Waals surface area contributed by atoms with Gasteiger partial charge in [0.25, 0.3) is 11.2 Å². The molecule has 0 radical (unpaired) electrons. The number of thiophene rings is 1. The Labute approximate surface area is 161 Å². The number of nitro benzene ring substituents is 1. The molecule has 0 N–H and O–H groups in total. The Kier molecular flexibility index (Phi) is 4.36. The molecule has 140 valence electrons. The molecular formula is C19H13N3O5S. The van der Waals surface area contributed by atoms with E-state index in [0.29, 0.717) is 21.6 Å². The van der Waals surface area contributed by atoms with Gasteiger partial charge < -0.3 is 4.74 Å². The maximum absolute atomic E-state index is 12.4. The van der Waals surface area contributed by atoms with Crippen LogP contribution in [0.3, 0.4) is 0 Å². The highest BCUT2D eigenvalue weighted by Crippen LogP contribution is 2.29. The van der Waals surface area contributed by atoms with Crippen LogP contribution in [0.25, 0.3) is 15.7 Å². The lowest BCUT2D eigenvalue weighted by atomic mass is 10.2. The van der Waals surface area contributed by atoms with Gasteiger partial charge >= 0.3 is 5.97 Å². The molecule has 0 saturated carbocycles. The van der Waals surface area contributed by atoms with Crippen molar-refractivity contribution >= 4 is 38.7 Å². The van der Waals surface area contributed by atoms with Gasteiger partial charge in [-0.15, -0.1) is 11.3 Å². The van der Waals surface area contributed by atoms with Crippen LogP contribution in [-0.4, -0.2) is 20.3 Å². The van der Waals surface area contributed by atoms with Gasteiger partial charge in [-0.3, -0.25) is 19.3 Å². The predicted molar refractivity (Wildman–Crippen MR) is 104 cm³/mol. The molecule has 4 aromatic rings. The summed E-state index contributed by atoms with van der Waals surface area (Å²) in [5, 5.41) is 11.5. The van der Waals surface area contributed by atoms with E-state index in [1.807, 2.05) is 13.0 Å². The first-order valence-electron chi connectivity index (χ1n) is 8.26. The zero-order chi connectivity index (χ0) is 19.8. The van der Waals surface area contributed by atoms with E-state index in [9.17, 15) is 19.7 Å². The van der Waals surface area contributed by atoms with E-state index in [4.69, 9.17) is 4.74 Å². The van der Waals surface area contributed by atoms with E-state index < -0.39 is 10.9 Å². The molecule has 8 nitrogen and oxygen atoms in total. The Hall–Kier alpha value is -3.59. The summed E-state index contributed by atoms with van der Waals surface area (Å²) < 4.78 is 7.50. The average molecular weight is 395 g/mol. The van der Waals surface area contributed by atoms with E-state index in [0.717, 1.165) is 10.4 Å². The number of pyridine rings is 1. The number of carbonyl (C=O) groups is 1. The number of hydrogen-bond donors (Lipinski definition) is 0. The van der Waals surface area contributed by atoms with Crippen molar-refractivity contribution in [2.24, 2.45) is 0 Å². The van der Waals surface area contributed by atoms with Crippen LogP contribution < -0.4 is 5.56 Å². The number of ether oxygens (including phenoxy) is 1. The van der Waals surface area contributed by atoms with Crippen LogP contribution in [0.4, 0.5) is 5.69 Å². The van der Waals surface area contributed by atoms with E-state index in [1.165, 1.54) is 33.9 Å². The molecule has 0 unspecified atom stereocenters. The fraction of sp³-hybridized carbons (Fsp3) is 0.105. The highest BCUT2D eigenvalue weighted by Gasteiger charge is 2.15. The summed E-state index contributed by atoms with van der Waals surface area (Å²) in [6.07, 6.45) is 0. The number of carbonyl (C=O) groups excluding carboxylic acids is 1. The minimum atomic E-state index is -0.574. The van der Waals surface area contributed by atoms with Crippen molar-refractivity contribution in [3.63, 3.8) is 0 Å². The van der Waals surface area contributed by atoms with Crippen molar-refractivity contribution in [3.8, 4) is 0 Å². The molecule has 0 bridgehead atoms. The molecule has 3 heterocycles. The van der Waals surface area contributed by atoms with Gasteiger partial charge in [-0.05, 0) is 31.2 Å². The van der Waals surface area contributed by atoms with Crippen molar-refractivity contribution in [2.75, 3.05) is 0 Å². The smallest absolute Gasteiger partial charge is 0.348 e. The summed E-state index contributed by atoms with van der Waals surface area (Å²) in [7, 11) is 0.